The number of rotatable bonds is 3. The zero-order valence-corrected chi connectivity index (χ0v) is 27.3. The van der Waals surface area contributed by atoms with Crippen LogP contribution in [0.1, 0.15) is 101 Å². The fraction of sp³-hybridized carbons (Fsp3) is 0.618. The molecule has 6 rings (SSSR count). The second kappa shape index (κ2) is 13.0. The fourth-order valence-electron chi connectivity index (χ4n) is 6.10. The first-order valence-corrected chi connectivity index (χ1v) is 15.8. The number of ether oxygens (including phenoxy) is 4. The Labute approximate surface area is 260 Å². The SMILES string of the molecule is Cc1ccc2c(c1)COCc1cc3nc(C)c([C@H](OC(C)(C)C)C(=O)O)c(n3n1)N1CCC(C)(CC1)OCCCC[C@H](C)O2. The molecule has 2 aromatic heterocycles. The molecule has 0 unspecified atom stereocenters. The molecule has 0 saturated carbocycles. The van der Waals surface area contributed by atoms with E-state index in [0.717, 1.165) is 49.0 Å². The van der Waals surface area contributed by atoms with Gasteiger partial charge in [-0.3, -0.25) is 0 Å². The van der Waals surface area contributed by atoms with E-state index in [4.69, 9.17) is 29.0 Å². The molecule has 5 heterocycles. The Bertz CT molecular complexity index is 1470. The number of carboxylic acids is 1. The molecule has 1 aromatic carbocycles. The maximum Gasteiger partial charge on any atom is 0.337 e. The molecule has 4 bridgehead atoms. The number of nitrogens with zero attached hydrogens (tertiary/aromatic N) is 4. The van der Waals surface area contributed by atoms with Gasteiger partial charge in [-0.1, -0.05) is 17.7 Å². The lowest BCUT2D eigenvalue weighted by Gasteiger charge is -2.41. The van der Waals surface area contributed by atoms with Crippen molar-refractivity contribution >= 4 is 17.4 Å². The number of carboxylic acid groups (broad SMARTS) is 1. The van der Waals surface area contributed by atoms with Crippen molar-refractivity contribution < 1.29 is 28.8 Å². The van der Waals surface area contributed by atoms with Crippen LogP contribution in [0.4, 0.5) is 5.82 Å². The normalized spacial score (nSPS) is 22.9. The van der Waals surface area contributed by atoms with E-state index in [0.29, 0.717) is 54.7 Å². The van der Waals surface area contributed by atoms with Gasteiger partial charge in [0.2, 0.25) is 0 Å². The summed E-state index contributed by atoms with van der Waals surface area (Å²) in [7, 11) is 0. The summed E-state index contributed by atoms with van der Waals surface area (Å²) in [6.45, 7) is 16.5. The molecule has 1 fully saturated rings. The molecular formula is C34H48N4O6. The van der Waals surface area contributed by atoms with Gasteiger partial charge in [-0.05, 0) is 86.6 Å². The Kier molecular flexibility index (Phi) is 9.53. The monoisotopic (exact) mass is 608 g/mol. The topological polar surface area (TPSA) is 108 Å². The largest absolute Gasteiger partial charge is 0.490 e. The van der Waals surface area contributed by atoms with Gasteiger partial charge in [-0.25, -0.2) is 9.78 Å². The van der Waals surface area contributed by atoms with Gasteiger partial charge in [-0.15, -0.1) is 0 Å². The van der Waals surface area contributed by atoms with Crippen LogP contribution in [0.3, 0.4) is 0 Å². The van der Waals surface area contributed by atoms with Crippen LogP contribution in [0, 0.1) is 13.8 Å². The molecule has 0 radical (unpaired) electrons. The number of piperidine rings is 1. The van der Waals surface area contributed by atoms with E-state index in [1.54, 1.807) is 4.52 Å². The minimum Gasteiger partial charge on any atom is -0.490 e. The predicted molar refractivity (Wildman–Crippen MR) is 168 cm³/mol. The molecule has 240 valence electrons. The Morgan fingerprint density at radius 3 is 2.59 bits per heavy atom. The Hall–Kier alpha value is -3.21. The minimum absolute atomic E-state index is 0.0816. The van der Waals surface area contributed by atoms with Crippen molar-refractivity contribution in [2.45, 2.75) is 117 Å². The molecule has 0 aliphatic carbocycles. The lowest BCUT2D eigenvalue weighted by Crippen LogP contribution is -2.46. The third kappa shape index (κ3) is 7.53. The van der Waals surface area contributed by atoms with E-state index < -0.39 is 17.7 Å². The van der Waals surface area contributed by atoms with Gasteiger partial charge in [0.15, 0.2) is 11.8 Å². The standard InChI is InChI=1S/C34H48N4O6/c1-22-11-12-27-25(18-22)20-41-21-26-19-28-35-24(3)29(30(32(39)40)44-33(4,5)6)31(38(28)36-26)37-15-13-34(7,14-16-37)42-17-9-8-10-23(2)43-27/h11-12,18-19,23,30H,8-10,13-17,20-21H2,1-7H3,(H,39,40)/t23-,30-/m0/s1. The maximum absolute atomic E-state index is 12.7. The van der Waals surface area contributed by atoms with Crippen LogP contribution in [0.2, 0.25) is 0 Å². The summed E-state index contributed by atoms with van der Waals surface area (Å²) in [6.07, 6.45) is 3.41. The average molecular weight is 609 g/mol. The minimum atomic E-state index is -1.21. The quantitative estimate of drug-likeness (QED) is 0.365. The van der Waals surface area contributed by atoms with Crippen molar-refractivity contribution in [2.24, 2.45) is 0 Å². The van der Waals surface area contributed by atoms with Crippen LogP contribution < -0.4 is 9.64 Å². The summed E-state index contributed by atoms with van der Waals surface area (Å²) in [5.41, 5.74) is 3.68. The second-order valence-electron chi connectivity index (χ2n) is 13.6. The number of anilines is 1. The van der Waals surface area contributed by atoms with E-state index in [1.165, 1.54) is 0 Å². The smallest absolute Gasteiger partial charge is 0.337 e. The fourth-order valence-corrected chi connectivity index (χ4v) is 6.10. The number of hydrogen-bond donors (Lipinski definition) is 1. The molecule has 0 amide bonds. The Morgan fingerprint density at radius 1 is 1.14 bits per heavy atom. The maximum atomic E-state index is 12.7. The van der Waals surface area contributed by atoms with E-state index >= 15 is 0 Å². The molecule has 1 saturated heterocycles. The number of carbonyl (C=O) groups is 1. The average Bonchev–Trinajstić information content (AvgIpc) is 3.34. The van der Waals surface area contributed by atoms with E-state index in [2.05, 4.69) is 37.8 Å². The summed E-state index contributed by atoms with van der Waals surface area (Å²) in [5, 5.41) is 15.3. The number of aryl methyl sites for hydroxylation is 2. The molecule has 3 aromatic rings. The third-order valence-electron chi connectivity index (χ3n) is 8.44. The molecule has 3 aliphatic heterocycles. The molecule has 10 nitrogen and oxygen atoms in total. The highest BCUT2D eigenvalue weighted by Crippen LogP contribution is 2.38. The van der Waals surface area contributed by atoms with Gasteiger partial charge in [0.1, 0.15) is 11.6 Å². The lowest BCUT2D eigenvalue weighted by atomic mass is 9.92. The van der Waals surface area contributed by atoms with Gasteiger partial charge in [0.05, 0.1) is 41.8 Å². The number of benzene rings is 1. The molecule has 44 heavy (non-hydrogen) atoms. The summed E-state index contributed by atoms with van der Waals surface area (Å²) in [4.78, 5) is 19.7. The van der Waals surface area contributed by atoms with Crippen molar-refractivity contribution in [3.63, 3.8) is 0 Å². The highest BCUT2D eigenvalue weighted by Gasteiger charge is 2.37. The van der Waals surface area contributed by atoms with Crippen LogP contribution in [0.25, 0.3) is 5.65 Å². The van der Waals surface area contributed by atoms with Gasteiger partial charge >= 0.3 is 5.97 Å². The third-order valence-corrected chi connectivity index (χ3v) is 8.44. The lowest BCUT2D eigenvalue weighted by molar-refractivity contribution is -0.160. The number of aliphatic carboxylic acids is 1. The van der Waals surface area contributed by atoms with Gasteiger partial charge in [0.25, 0.3) is 0 Å². The molecule has 3 aliphatic rings. The first kappa shape index (κ1) is 32.2. The van der Waals surface area contributed by atoms with Crippen LogP contribution >= 0.6 is 0 Å². The summed E-state index contributed by atoms with van der Waals surface area (Å²) in [6, 6.07) is 8.10. The van der Waals surface area contributed by atoms with Crippen molar-refractivity contribution in [3.8, 4) is 5.75 Å². The van der Waals surface area contributed by atoms with Crippen LogP contribution in [0.5, 0.6) is 5.75 Å². The van der Waals surface area contributed by atoms with E-state index in [1.807, 2.05) is 39.8 Å². The predicted octanol–water partition coefficient (Wildman–Crippen LogP) is 6.33. The van der Waals surface area contributed by atoms with Crippen LogP contribution in [-0.2, 0) is 32.2 Å². The Morgan fingerprint density at radius 2 is 1.89 bits per heavy atom. The highest BCUT2D eigenvalue weighted by atomic mass is 16.5. The summed E-state index contributed by atoms with van der Waals surface area (Å²) < 4.78 is 26.9. The second-order valence-corrected chi connectivity index (χ2v) is 13.6. The summed E-state index contributed by atoms with van der Waals surface area (Å²) in [5.74, 6) is 0.484. The van der Waals surface area contributed by atoms with Gasteiger partial charge in [0, 0.05) is 37.0 Å². The molecule has 1 N–H and O–H groups in total. The zero-order valence-electron chi connectivity index (χ0n) is 27.3. The van der Waals surface area contributed by atoms with Crippen LogP contribution in [-0.4, -0.2) is 62.7 Å². The molecule has 0 spiro atoms. The van der Waals surface area contributed by atoms with Crippen molar-refractivity contribution in [1.29, 1.82) is 0 Å². The van der Waals surface area contributed by atoms with E-state index in [-0.39, 0.29) is 18.3 Å². The van der Waals surface area contributed by atoms with Crippen molar-refractivity contribution in [1.82, 2.24) is 14.6 Å². The van der Waals surface area contributed by atoms with E-state index in [9.17, 15) is 9.90 Å². The first-order valence-electron chi connectivity index (χ1n) is 15.8. The van der Waals surface area contributed by atoms with Crippen molar-refractivity contribution in [3.05, 3.63) is 52.3 Å². The number of fused-ring (bicyclic) bond motifs is 10. The van der Waals surface area contributed by atoms with Crippen LogP contribution in [0.15, 0.2) is 24.3 Å². The summed E-state index contributed by atoms with van der Waals surface area (Å²) >= 11 is 0. The zero-order chi connectivity index (χ0) is 31.6. The first-order chi connectivity index (χ1) is 20.8. The van der Waals surface area contributed by atoms with Gasteiger partial charge < -0.3 is 29.0 Å². The number of hydrogen-bond acceptors (Lipinski definition) is 8. The van der Waals surface area contributed by atoms with Gasteiger partial charge in [-0.2, -0.15) is 9.61 Å². The molecular weight excluding hydrogens is 560 g/mol. The molecule has 2 atom stereocenters. The Balaban J connectivity index is 1.55. The number of aromatic nitrogens is 3. The molecule has 10 heteroatoms. The van der Waals surface area contributed by atoms with Crippen molar-refractivity contribution in [2.75, 3.05) is 24.6 Å². The highest BCUT2D eigenvalue weighted by molar-refractivity contribution is 5.78.